The lowest BCUT2D eigenvalue weighted by Crippen LogP contribution is -2.58. The standard InChI is InChI=1S/C23H29FN2O4/c1-16-13-26(17(2)12-25(16)14-18-5-7-19(24)8-6-18)23(27)15-30-20-9-10-21(28-3)22(11-20)29-4/h5-11,16-17H,12-15H2,1-4H3. The number of rotatable bonds is 7. The van der Waals surface area contributed by atoms with E-state index in [-0.39, 0.29) is 30.4 Å². The summed E-state index contributed by atoms with van der Waals surface area (Å²) in [5.74, 6) is 1.43. The second-order valence-corrected chi connectivity index (χ2v) is 7.61. The van der Waals surface area contributed by atoms with Crippen molar-refractivity contribution in [1.29, 1.82) is 0 Å². The Labute approximate surface area is 177 Å². The van der Waals surface area contributed by atoms with Crippen molar-refractivity contribution >= 4 is 5.91 Å². The van der Waals surface area contributed by atoms with Crippen LogP contribution in [-0.2, 0) is 11.3 Å². The molecule has 162 valence electrons. The van der Waals surface area contributed by atoms with E-state index < -0.39 is 0 Å². The van der Waals surface area contributed by atoms with Crippen LogP contribution in [0.1, 0.15) is 19.4 Å². The fraction of sp³-hybridized carbons (Fsp3) is 0.435. The van der Waals surface area contributed by atoms with E-state index in [9.17, 15) is 9.18 Å². The van der Waals surface area contributed by atoms with Crippen LogP contribution in [0.2, 0.25) is 0 Å². The van der Waals surface area contributed by atoms with Gasteiger partial charge in [0.25, 0.3) is 5.91 Å². The molecule has 0 bridgehead atoms. The summed E-state index contributed by atoms with van der Waals surface area (Å²) in [7, 11) is 3.13. The molecule has 0 radical (unpaired) electrons. The highest BCUT2D eigenvalue weighted by atomic mass is 19.1. The molecule has 2 aromatic carbocycles. The topological polar surface area (TPSA) is 51.2 Å². The molecule has 7 heteroatoms. The molecule has 2 aromatic rings. The summed E-state index contributed by atoms with van der Waals surface area (Å²) in [4.78, 5) is 17.0. The van der Waals surface area contributed by atoms with Crippen LogP contribution in [-0.4, -0.2) is 61.7 Å². The molecule has 3 rings (SSSR count). The Kier molecular flexibility index (Phi) is 7.15. The maximum absolute atomic E-state index is 13.1. The summed E-state index contributed by atoms with van der Waals surface area (Å²) in [5, 5.41) is 0. The number of benzene rings is 2. The Morgan fingerprint density at radius 3 is 2.37 bits per heavy atom. The van der Waals surface area contributed by atoms with Gasteiger partial charge in [0, 0.05) is 37.8 Å². The molecule has 1 saturated heterocycles. The zero-order chi connectivity index (χ0) is 21.7. The molecule has 2 unspecified atom stereocenters. The minimum Gasteiger partial charge on any atom is -0.493 e. The predicted octanol–water partition coefficient (Wildman–Crippen LogP) is 3.34. The minimum absolute atomic E-state index is 0.0372. The summed E-state index contributed by atoms with van der Waals surface area (Å²) in [5.41, 5.74) is 1.06. The first kappa shape index (κ1) is 21.9. The number of halogens is 1. The van der Waals surface area contributed by atoms with Gasteiger partial charge in [0.1, 0.15) is 11.6 Å². The van der Waals surface area contributed by atoms with Crippen LogP contribution in [0.3, 0.4) is 0 Å². The molecule has 30 heavy (non-hydrogen) atoms. The van der Waals surface area contributed by atoms with E-state index in [0.717, 1.165) is 18.7 Å². The molecule has 0 N–H and O–H groups in total. The predicted molar refractivity (Wildman–Crippen MR) is 112 cm³/mol. The second kappa shape index (κ2) is 9.80. The van der Waals surface area contributed by atoms with Crippen LogP contribution in [0.5, 0.6) is 17.2 Å². The van der Waals surface area contributed by atoms with Crippen LogP contribution in [0.4, 0.5) is 4.39 Å². The van der Waals surface area contributed by atoms with E-state index in [1.54, 1.807) is 44.6 Å². The van der Waals surface area contributed by atoms with Crippen LogP contribution >= 0.6 is 0 Å². The first-order valence-electron chi connectivity index (χ1n) is 10.0. The molecular formula is C23H29FN2O4. The van der Waals surface area contributed by atoms with Gasteiger partial charge in [-0.1, -0.05) is 12.1 Å². The molecule has 0 spiro atoms. The number of carbonyl (C=O) groups excluding carboxylic acids is 1. The van der Waals surface area contributed by atoms with Crippen molar-refractivity contribution in [2.45, 2.75) is 32.5 Å². The van der Waals surface area contributed by atoms with Crippen molar-refractivity contribution in [2.75, 3.05) is 33.9 Å². The molecule has 1 fully saturated rings. The van der Waals surface area contributed by atoms with E-state index in [1.165, 1.54) is 12.1 Å². The van der Waals surface area contributed by atoms with Crippen LogP contribution in [0.15, 0.2) is 42.5 Å². The number of methoxy groups -OCH3 is 2. The fourth-order valence-electron chi connectivity index (χ4n) is 3.72. The maximum Gasteiger partial charge on any atom is 0.260 e. The van der Waals surface area contributed by atoms with Crippen molar-refractivity contribution in [2.24, 2.45) is 0 Å². The van der Waals surface area contributed by atoms with Crippen molar-refractivity contribution in [3.63, 3.8) is 0 Å². The summed E-state index contributed by atoms with van der Waals surface area (Å²) in [6.07, 6.45) is 0. The summed E-state index contributed by atoms with van der Waals surface area (Å²) in [6.45, 7) is 6.21. The molecule has 2 atom stereocenters. The van der Waals surface area contributed by atoms with Gasteiger partial charge < -0.3 is 19.1 Å². The number of piperazine rings is 1. The zero-order valence-corrected chi connectivity index (χ0v) is 17.9. The van der Waals surface area contributed by atoms with Gasteiger partial charge in [-0.15, -0.1) is 0 Å². The van der Waals surface area contributed by atoms with Gasteiger partial charge in [-0.2, -0.15) is 0 Å². The fourth-order valence-corrected chi connectivity index (χ4v) is 3.72. The maximum atomic E-state index is 13.1. The van der Waals surface area contributed by atoms with Gasteiger partial charge in [-0.3, -0.25) is 9.69 Å². The van der Waals surface area contributed by atoms with Gasteiger partial charge in [0.2, 0.25) is 0 Å². The normalized spacial score (nSPS) is 19.4. The minimum atomic E-state index is -0.231. The Balaban J connectivity index is 1.56. The van der Waals surface area contributed by atoms with Crippen molar-refractivity contribution < 1.29 is 23.4 Å². The summed E-state index contributed by atoms with van der Waals surface area (Å²) in [6, 6.07) is 12.0. The van der Waals surface area contributed by atoms with Crippen molar-refractivity contribution in [1.82, 2.24) is 9.80 Å². The average Bonchev–Trinajstić information content (AvgIpc) is 2.75. The van der Waals surface area contributed by atoms with Crippen molar-refractivity contribution in [3.05, 3.63) is 53.8 Å². The Hall–Kier alpha value is -2.80. The number of ether oxygens (including phenoxy) is 3. The molecule has 0 aromatic heterocycles. The van der Waals surface area contributed by atoms with Gasteiger partial charge in [-0.05, 0) is 43.7 Å². The number of hydrogen-bond donors (Lipinski definition) is 0. The Bertz CT molecular complexity index is 859. The number of hydrogen-bond acceptors (Lipinski definition) is 5. The first-order valence-corrected chi connectivity index (χ1v) is 10.0. The molecule has 1 aliphatic rings. The lowest BCUT2D eigenvalue weighted by molar-refractivity contribution is -0.139. The van der Waals surface area contributed by atoms with E-state index >= 15 is 0 Å². The van der Waals surface area contributed by atoms with Crippen LogP contribution in [0.25, 0.3) is 0 Å². The van der Waals surface area contributed by atoms with E-state index in [1.807, 2.05) is 11.8 Å². The molecule has 1 heterocycles. The van der Waals surface area contributed by atoms with Crippen LogP contribution in [0, 0.1) is 5.82 Å². The third-order valence-electron chi connectivity index (χ3n) is 5.45. The van der Waals surface area contributed by atoms with Gasteiger partial charge in [0.15, 0.2) is 18.1 Å². The highest BCUT2D eigenvalue weighted by molar-refractivity contribution is 5.78. The molecule has 0 saturated carbocycles. The summed E-state index contributed by atoms with van der Waals surface area (Å²) >= 11 is 0. The highest BCUT2D eigenvalue weighted by Crippen LogP contribution is 2.31. The number of nitrogens with zero attached hydrogens (tertiary/aromatic N) is 2. The number of carbonyl (C=O) groups is 1. The first-order chi connectivity index (χ1) is 14.4. The van der Waals surface area contributed by atoms with Crippen molar-refractivity contribution in [3.8, 4) is 17.2 Å². The molecular weight excluding hydrogens is 387 g/mol. The SMILES string of the molecule is COc1ccc(OCC(=O)N2CC(C)N(Cc3ccc(F)cc3)CC2C)cc1OC. The van der Waals surface area contributed by atoms with E-state index in [2.05, 4.69) is 11.8 Å². The van der Waals surface area contributed by atoms with Gasteiger partial charge in [-0.25, -0.2) is 4.39 Å². The van der Waals surface area contributed by atoms with Gasteiger partial charge >= 0.3 is 0 Å². The van der Waals surface area contributed by atoms with Gasteiger partial charge in [0.05, 0.1) is 14.2 Å². The largest absolute Gasteiger partial charge is 0.493 e. The third-order valence-corrected chi connectivity index (χ3v) is 5.45. The zero-order valence-electron chi connectivity index (χ0n) is 17.9. The molecule has 1 aliphatic heterocycles. The Morgan fingerprint density at radius 2 is 1.70 bits per heavy atom. The van der Waals surface area contributed by atoms with Crippen LogP contribution < -0.4 is 14.2 Å². The molecule has 6 nitrogen and oxygen atoms in total. The lowest BCUT2D eigenvalue weighted by atomic mass is 10.1. The summed E-state index contributed by atoms with van der Waals surface area (Å²) < 4.78 is 29.3. The second-order valence-electron chi connectivity index (χ2n) is 7.61. The smallest absolute Gasteiger partial charge is 0.260 e. The van der Waals surface area contributed by atoms with E-state index in [0.29, 0.717) is 23.8 Å². The molecule has 1 amide bonds. The Morgan fingerprint density at radius 1 is 1.00 bits per heavy atom. The third kappa shape index (κ3) is 5.21. The quantitative estimate of drug-likeness (QED) is 0.693. The average molecular weight is 416 g/mol. The highest BCUT2D eigenvalue weighted by Gasteiger charge is 2.32. The van der Waals surface area contributed by atoms with E-state index in [4.69, 9.17) is 14.2 Å². The monoisotopic (exact) mass is 416 g/mol. The number of amides is 1. The molecule has 0 aliphatic carbocycles. The lowest BCUT2D eigenvalue weighted by Gasteiger charge is -2.44.